The number of ether oxygens (including phenoxy) is 1. The van der Waals surface area contributed by atoms with Crippen LogP contribution >= 0.6 is 0 Å². The predicted octanol–water partition coefficient (Wildman–Crippen LogP) is 2.85. The van der Waals surface area contributed by atoms with Crippen LogP contribution in [0.5, 0.6) is 5.75 Å². The van der Waals surface area contributed by atoms with Gasteiger partial charge in [0.25, 0.3) is 0 Å². The smallest absolute Gasteiger partial charge is 0.246 e. The van der Waals surface area contributed by atoms with E-state index in [1.165, 1.54) is 33.4 Å². The van der Waals surface area contributed by atoms with Gasteiger partial charge in [-0.15, -0.1) is 0 Å². The highest BCUT2D eigenvalue weighted by atomic mass is 32.2. The molecular weight excluding hydrogens is 352 g/mol. The summed E-state index contributed by atoms with van der Waals surface area (Å²) in [6.45, 7) is 1.62. The van der Waals surface area contributed by atoms with Gasteiger partial charge in [-0.25, -0.2) is 8.42 Å². The molecule has 0 aliphatic heterocycles. The number of aryl methyl sites for hydroxylation is 1. The van der Waals surface area contributed by atoms with E-state index in [1.54, 1.807) is 18.2 Å². The third-order valence-corrected chi connectivity index (χ3v) is 6.67. The second-order valence-corrected chi connectivity index (χ2v) is 9.04. The molecule has 1 saturated carbocycles. The molecule has 0 heterocycles. The molecule has 0 spiro atoms. The summed E-state index contributed by atoms with van der Waals surface area (Å²) in [5.41, 5.74) is 0.816. The number of hydrogen-bond donors (Lipinski definition) is 1. The summed E-state index contributed by atoms with van der Waals surface area (Å²) in [5.74, 6) is 0.0242. The Hall–Kier alpha value is -1.60. The van der Waals surface area contributed by atoms with Gasteiger partial charge < -0.3 is 10.1 Å². The van der Waals surface area contributed by atoms with E-state index >= 15 is 0 Å². The highest BCUT2D eigenvalue weighted by Gasteiger charge is 2.27. The number of benzene rings is 1. The fourth-order valence-corrected chi connectivity index (χ4v) is 4.68. The molecular formula is C19H30N2O4S. The molecule has 0 atom stereocenters. The van der Waals surface area contributed by atoms with Crippen molar-refractivity contribution in [1.82, 2.24) is 9.62 Å². The Kier molecular flexibility index (Phi) is 7.46. The average Bonchev–Trinajstić information content (AvgIpc) is 2.57. The van der Waals surface area contributed by atoms with Crippen LogP contribution in [0, 0.1) is 6.92 Å². The zero-order chi connectivity index (χ0) is 19.2. The molecule has 26 heavy (non-hydrogen) atoms. The lowest BCUT2D eigenvalue weighted by Crippen LogP contribution is -2.43. The van der Waals surface area contributed by atoms with E-state index in [0.29, 0.717) is 0 Å². The number of nitrogens with zero attached hydrogens (tertiary/aromatic N) is 1. The van der Waals surface area contributed by atoms with Gasteiger partial charge in [0.2, 0.25) is 15.9 Å². The normalized spacial score (nSPS) is 16.8. The number of hydrogen-bond acceptors (Lipinski definition) is 4. The molecule has 7 heteroatoms. The van der Waals surface area contributed by atoms with Crippen LogP contribution < -0.4 is 10.1 Å². The van der Waals surface area contributed by atoms with Crippen molar-refractivity contribution >= 4 is 15.9 Å². The van der Waals surface area contributed by atoms with Crippen molar-refractivity contribution in [2.24, 2.45) is 0 Å². The van der Waals surface area contributed by atoms with Crippen molar-refractivity contribution in [3.8, 4) is 5.75 Å². The number of carbonyl (C=O) groups excluding carboxylic acids is 1. The molecule has 1 aromatic carbocycles. The third kappa shape index (κ3) is 5.45. The van der Waals surface area contributed by atoms with E-state index in [2.05, 4.69) is 5.32 Å². The average molecular weight is 383 g/mol. The standard InChI is InChI=1S/C19H30N2O4S/c1-15-11-12-17(25-3)18(13-15)26(23,24)21(2)14-19(22)20-16-9-7-5-4-6-8-10-16/h11-13,16H,4-10,14H2,1-3H3,(H,20,22). The maximum absolute atomic E-state index is 12.9. The summed E-state index contributed by atoms with van der Waals surface area (Å²) < 4.78 is 32.0. The van der Waals surface area contributed by atoms with Gasteiger partial charge in [-0.1, -0.05) is 38.2 Å². The van der Waals surface area contributed by atoms with Crippen LogP contribution in [0.2, 0.25) is 0 Å². The molecule has 6 nitrogen and oxygen atoms in total. The van der Waals surface area contributed by atoms with Gasteiger partial charge in [0.1, 0.15) is 10.6 Å². The monoisotopic (exact) mass is 382 g/mol. The number of likely N-dealkylation sites (N-methyl/N-ethyl adjacent to an activating group) is 1. The molecule has 0 unspecified atom stereocenters. The van der Waals surface area contributed by atoms with Crippen molar-refractivity contribution in [3.63, 3.8) is 0 Å². The van der Waals surface area contributed by atoms with Gasteiger partial charge in [0.05, 0.1) is 13.7 Å². The number of sulfonamides is 1. The largest absolute Gasteiger partial charge is 0.495 e. The van der Waals surface area contributed by atoms with E-state index in [9.17, 15) is 13.2 Å². The van der Waals surface area contributed by atoms with Crippen LogP contribution in [0.4, 0.5) is 0 Å². The molecule has 146 valence electrons. The van der Waals surface area contributed by atoms with Gasteiger partial charge in [-0.05, 0) is 37.5 Å². The second-order valence-electron chi connectivity index (χ2n) is 7.02. The van der Waals surface area contributed by atoms with Crippen LogP contribution in [0.25, 0.3) is 0 Å². The van der Waals surface area contributed by atoms with Crippen LogP contribution in [0.1, 0.15) is 50.5 Å². The molecule has 1 fully saturated rings. The Morgan fingerprint density at radius 2 is 1.81 bits per heavy atom. The molecule has 1 aliphatic rings. The first-order valence-corrected chi connectivity index (χ1v) is 10.7. The Morgan fingerprint density at radius 1 is 1.19 bits per heavy atom. The summed E-state index contributed by atoms with van der Waals surface area (Å²) in [6.07, 6.45) is 7.82. The number of rotatable bonds is 6. The van der Waals surface area contributed by atoms with Crippen molar-refractivity contribution in [1.29, 1.82) is 0 Å². The van der Waals surface area contributed by atoms with E-state index in [-0.39, 0.29) is 29.1 Å². The maximum Gasteiger partial charge on any atom is 0.246 e. The lowest BCUT2D eigenvalue weighted by molar-refractivity contribution is -0.121. The first kappa shape index (κ1) is 20.7. The molecule has 0 saturated heterocycles. The number of amides is 1. The Balaban J connectivity index is 2.04. The Morgan fingerprint density at radius 3 is 2.42 bits per heavy atom. The minimum Gasteiger partial charge on any atom is -0.495 e. The summed E-state index contributed by atoms with van der Waals surface area (Å²) in [6, 6.07) is 5.13. The van der Waals surface area contributed by atoms with Crippen molar-refractivity contribution in [3.05, 3.63) is 23.8 Å². The quantitative estimate of drug-likeness (QED) is 0.821. The molecule has 0 aromatic heterocycles. The highest BCUT2D eigenvalue weighted by molar-refractivity contribution is 7.89. The fraction of sp³-hybridized carbons (Fsp3) is 0.632. The summed E-state index contributed by atoms with van der Waals surface area (Å²) >= 11 is 0. The van der Waals surface area contributed by atoms with Crippen molar-refractivity contribution in [2.75, 3.05) is 20.7 Å². The van der Waals surface area contributed by atoms with Crippen molar-refractivity contribution < 1.29 is 17.9 Å². The maximum atomic E-state index is 12.9. The lowest BCUT2D eigenvalue weighted by atomic mass is 9.97. The SMILES string of the molecule is COc1ccc(C)cc1S(=O)(=O)N(C)CC(=O)NC1CCCCCCC1. The Bertz CT molecular complexity index is 710. The lowest BCUT2D eigenvalue weighted by Gasteiger charge is -2.23. The first-order chi connectivity index (χ1) is 12.3. The van der Waals surface area contributed by atoms with Crippen LogP contribution in [-0.2, 0) is 14.8 Å². The predicted molar refractivity (Wildman–Crippen MR) is 102 cm³/mol. The summed E-state index contributed by atoms with van der Waals surface area (Å²) in [5, 5.41) is 3.00. The van der Waals surface area contributed by atoms with E-state index in [1.807, 2.05) is 6.92 Å². The van der Waals surface area contributed by atoms with E-state index < -0.39 is 10.0 Å². The zero-order valence-corrected chi connectivity index (χ0v) is 16.8. The van der Waals surface area contributed by atoms with Gasteiger partial charge in [0.15, 0.2) is 0 Å². The molecule has 1 amide bonds. The first-order valence-electron chi connectivity index (χ1n) is 9.25. The zero-order valence-electron chi connectivity index (χ0n) is 16.0. The van der Waals surface area contributed by atoms with Gasteiger partial charge in [-0.3, -0.25) is 4.79 Å². The molecule has 1 N–H and O–H groups in total. The van der Waals surface area contributed by atoms with E-state index in [4.69, 9.17) is 4.74 Å². The number of carbonyl (C=O) groups is 1. The van der Waals surface area contributed by atoms with Crippen LogP contribution in [-0.4, -0.2) is 45.4 Å². The molecule has 1 aromatic rings. The van der Waals surface area contributed by atoms with Crippen molar-refractivity contribution in [2.45, 2.75) is 62.8 Å². The number of methoxy groups -OCH3 is 1. The van der Waals surface area contributed by atoms with Crippen LogP contribution in [0.15, 0.2) is 23.1 Å². The van der Waals surface area contributed by atoms with Crippen LogP contribution in [0.3, 0.4) is 0 Å². The van der Waals surface area contributed by atoms with Gasteiger partial charge in [0, 0.05) is 13.1 Å². The minimum absolute atomic E-state index is 0.0845. The van der Waals surface area contributed by atoms with Gasteiger partial charge >= 0.3 is 0 Å². The van der Waals surface area contributed by atoms with Gasteiger partial charge in [-0.2, -0.15) is 4.31 Å². The fourth-order valence-electron chi connectivity index (χ4n) is 3.31. The Labute approximate surface area is 157 Å². The molecule has 1 aliphatic carbocycles. The third-order valence-electron chi connectivity index (χ3n) is 4.84. The summed E-state index contributed by atoms with van der Waals surface area (Å²) in [7, 11) is -0.945. The van der Waals surface area contributed by atoms with E-state index in [0.717, 1.165) is 35.6 Å². The molecule has 0 radical (unpaired) electrons. The highest BCUT2D eigenvalue weighted by Crippen LogP contribution is 2.27. The summed E-state index contributed by atoms with van der Waals surface area (Å²) in [4.78, 5) is 12.5. The topological polar surface area (TPSA) is 75.7 Å². The molecule has 0 bridgehead atoms. The molecule has 2 rings (SSSR count). The second kappa shape index (κ2) is 9.37. The minimum atomic E-state index is -3.81. The number of nitrogens with one attached hydrogen (secondary N) is 1.